The zero-order valence-electron chi connectivity index (χ0n) is 17.4. The first-order valence-corrected chi connectivity index (χ1v) is 9.54. The number of carbonyl (C=O) groups excluding carboxylic acids is 2. The minimum atomic E-state index is -0.580. The van der Waals surface area contributed by atoms with Crippen LogP contribution < -0.4 is 5.32 Å². The van der Waals surface area contributed by atoms with Gasteiger partial charge < -0.3 is 29.5 Å². The Morgan fingerprint density at radius 2 is 1.93 bits per heavy atom. The van der Waals surface area contributed by atoms with Crippen LogP contribution in [0.25, 0.3) is 0 Å². The molecule has 2 heterocycles. The van der Waals surface area contributed by atoms with E-state index in [1.165, 1.54) is 12.0 Å². The van der Waals surface area contributed by atoms with Crippen molar-refractivity contribution in [1.82, 2.24) is 4.90 Å². The molecule has 3 rings (SSSR count). The molecule has 2 aliphatic heterocycles. The molecule has 0 radical (unpaired) electrons. The lowest BCUT2D eigenvalue weighted by Crippen LogP contribution is -2.41. The Balaban J connectivity index is 1.86. The molecule has 29 heavy (non-hydrogen) atoms. The third-order valence-electron chi connectivity index (χ3n) is 5.63. The van der Waals surface area contributed by atoms with E-state index in [1.54, 1.807) is 6.07 Å². The summed E-state index contributed by atoms with van der Waals surface area (Å²) in [6, 6.07) is 7.33. The summed E-state index contributed by atoms with van der Waals surface area (Å²) in [4.78, 5) is 26.2. The molecule has 1 fully saturated rings. The maximum Gasteiger partial charge on any atom is 0.337 e. The summed E-state index contributed by atoms with van der Waals surface area (Å²) >= 11 is 0. The number of nitrogens with zero attached hydrogens (tertiary/aromatic N) is 1. The van der Waals surface area contributed by atoms with Gasteiger partial charge in [-0.25, -0.2) is 4.79 Å². The van der Waals surface area contributed by atoms with Gasteiger partial charge in [-0.2, -0.15) is 0 Å². The Labute approximate surface area is 170 Å². The van der Waals surface area contributed by atoms with E-state index in [-0.39, 0.29) is 36.9 Å². The number of aliphatic hydroxyl groups is 1. The molecule has 8 nitrogen and oxygen atoms in total. The highest BCUT2D eigenvalue weighted by atomic mass is 16.7. The van der Waals surface area contributed by atoms with Gasteiger partial charge in [0.2, 0.25) is 0 Å². The Kier molecular flexibility index (Phi) is 5.71. The van der Waals surface area contributed by atoms with E-state index >= 15 is 0 Å². The second kappa shape index (κ2) is 7.78. The standard InChI is InChI=1S/C21H28N2O6/c1-20(2)21(3,4)29-19(28-20)13-7-6-8-14(11-13)22-16-15(18(26)27-5)12-23(9-10-24)17(16)25/h6-8,11,19,22,24H,9-10,12H2,1-5H3. The summed E-state index contributed by atoms with van der Waals surface area (Å²) in [6.07, 6.45) is -0.541. The largest absolute Gasteiger partial charge is 0.466 e. The molecule has 1 aromatic rings. The van der Waals surface area contributed by atoms with Gasteiger partial charge in [0.25, 0.3) is 5.91 Å². The Hall–Kier alpha value is -2.42. The summed E-state index contributed by atoms with van der Waals surface area (Å²) in [5, 5.41) is 12.2. The van der Waals surface area contributed by atoms with Crippen molar-refractivity contribution in [2.75, 3.05) is 32.1 Å². The topological polar surface area (TPSA) is 97.3 Å². The van der Waals surface area contributed by atoms with Gasteiger partial charge in [0.05, 0.1) is 37.0 Å². The number of methoxy groups -OCH3 is 1. The highest BCUT2D eigenvalue weighted by Crippen LogP contribution is 2.45. The van der Waals surface area contributed by atoms with Crippen LogP contribution in [-0.2, 0) is 23.8 Å². The molecule has 8 heteroatoms. The van der Waals surface area contributed by atoms with E-state index in [9.17, 15) is 9.59 Å². The predicted molar refractivity (Wildman–Crippen MR) is 106 cm³/mol. The minimum Gasteiger partial charge on any atom is -0.466 e. The summed E-state index contributed by atoms with van der Waals surface area (Å²) in [7, 11) is 1.27. The van der Waals surface area contributed by atoms with E-state index < -0.39 is 23.5 Å². The highest BCUT2D eigenvalue weighted by Gasteiger charge is 2.49. The third kappa shape index (κ3) is 4.01. The number of amides is 1. The number of anilines is 1. The number of nitrogens with one attached hydrogen (secondary N) is 1. The first-order valence-electron chi connectivity index (χ1n) is 9.54. The molecule has 0 aromatic heterocycles. The predicted octanol–water partition coefficient (Wildman–Crippen LogP) is 1.96. The van der Waals surface area contributed by atoms with Crippen molar-refractivity contribution in [3.8, 4) is 0 Å². The molecule has 158 valence electrons. The second-order valence-electron chi connectivity index (χ2n) is 8.13. The molecule has 2 N–H and O–H groups in total. The van der Waals surface area contributed by atoms with Crippen molar-refractivity contribution < 1.29 is 28.9 Å². The first-order chi connectivity index (χ1) is 13.6. The van der Waals surface area contributed by atoms with E-state index in [2.05, 4.69) is 5.32 Å². The molecule has 0 saturated carbocycles. The van der Waals surface area contributed by atoms with Gasteiger partial charge in [0.15, 0.2) is 6.29 Å². The maximum atomic E-state index is 12.7. The van der Waals surface area contributed by atoms with Gasteiger partial charge in [0.1, 0.15) is 5.70 Å². The Morgan fingerprint density at radius 3 is 2.52 bits per heavy atom. The van der Waals surface area contributed by atoms with E-state index in [1.807, 2.05) is 45.9 Å². The van der Waals surface area contributed by atoms with E-state index in [4.69, 9.17) is 19.3 Å². The molecule has 0 bridgehead atoms. The number of ether oxygens (including phenoxy) is 3. The highest BCUT2D eigenvalue weighted by molar-refractivity contribution is 6.08. The summed E-state index contributed by atoms with van der Waals surface area (Å²) in [5.41, 5.74) is 0.865. The lowest BCUT2D eigenvalue weighted by Gasteiger charge is -2.30. The van der Waals surface area contributed by atoms with E-state index in [0.29, 0.717) is 5.69 Å². The average Bonchev–Trinajstić information content (AvgIpc) is 3.08. The fourth-order valence-corrected chi connectivity index (χ4v) is 3.24. The molecule has 0 unspecified atom stereocenters. The van der Waals surface area contributed by atoms with Crippen molar-refractivity contribution in [2.24, 2.45) is 0 Å². The monoisotopic (exact) mass is 404 g/mol. The molecule has 1 saturated heterocycles. The van der Waals surface area contributed by atoms with Gasteiger partial charge >= 0.3 is 5.97 Å². The zero-order valence-corrected chi connectivity index (χ0v) is 17.4. The second-order valence-corrected chi connectivity index (χ2v) is 8.13. The summed E-state index contributed by atoms with van der Waals surface area (Å²) in [6.45, 7) is 7.96. The number of benzene rings is 1. The van der Waals surface area contributed by atoms with E-state index in [0.717, 1.165) is 5.56 Å². The van der Waals surface area contributed by atoms with Crippen molar-refractivity contribution in [3.63, 3.8) is 0 Å². The molecule has 1 amide bonds. The van der Waals surface area contributed by atoms with Crippen LogP contribution in [0.4, 0.5) is 5.69 Å². The van der Waals surface area contributed by atoms with Crippen LogP contribution in [0.3, 0.4) is 0 Å². The van der Waals surface area contributed by atoms with Crippen molar-refractivity contribution in [2.45, 2.75) is 45.2 Å². The third-order valence-corrected chi connectivity index (χ3v) is 5.63. The fraction of sp³-hybridized carbons (Fsp3) is 0.524. The number of hydrogen-bond donors (Lipinski definition) is 2. The van der Waals surface area contributed by atoms with Crippen molar-refractivity contribution in [1.29, 1.82) is 0 Å². The molecule has 0 aliphatic carbocycles. The Morgan fingerprint density at radius 1 is 1.28 bits per heavy atom. The number of rotatable bonds is 6. The van der Waals surface area contributed by atoms with Crippen LogP contribution in [0.2, 0.25) is 0 Å². The van der Waals surface area contributed by atoms with Crippen LogP contribution in [0.1, 0.15) is 39.5 Å². The van der Waals surface area contributed by atoms with Crippen molar-refractivity contribution >= 4 is 17.6 Å². The minimum absolute atomic E-state index is 0.0886. The lowest BCUT2D eigenvalue weighted by molar-refractivity contribution is -0.136. The number of β-amino-alcohol motifs (C(OH)–C–C–N with tert-alkyl or cyclic N) is 1. The van der Waals surface area contributed by atoms with Crippen LogP contribution in [0.5, 0.6) is 0 Å². The van der Waals surface area contributed by atoms with Gasteiger partial charge in [-0.15, -0.1) is 0 Å². The molecular weight excluding hydrogens is 376 g/mol. The molecular formula is C21H28N2O6. The molecule has 0 spiro atoms. The molecule has 1 aromatic carbocycles. The quantitative estimate of drug-likeness (QED) is 0.700. The Bertz CT molecular complexity index is 829. The fourth-order valence-electron chi connectivity index (χ4n) is 3.24. The smallest absolute Gasteiger partial charge is 0.337 e. The number of esters is 1. The van der Waals surface area contributed by atoms with Crippen LogP contribution >= 0.6 is 0 Å². The number of hydrogen-bond acceptors (Lipinski definition) is 7. The van der Waals surface area contributed by atoms with Gasteiger partial charge in [0, 0.05) is 17.8 Å². The van der Waals surface area contributed by atoms with Gasteiger partial charge in [-0.1, -0.05) is 12.1 Å². The molecule has 0 atom stereocenters. The van der Waals surface area contributed by atoms with Crippen LogP contribution in [-0.4, -0.2) is 59.9 Å². The first kappa shape index (κ1) is 21.3. The number of carbonyl (C=O) groups is 2. The maximum absolute atomic E-state index is 12.7. The molecule has 2 aliphatic rings. The SMILES string of the molecule is COC(=O)C1=C(Nc2cccc(C3OC(C)(C)C(C)(C)O3)c2)C(=O)N(CCO)C1. The zero-order chi connectivity index (χ0) is 21.4. The van der Waals surface area contributed by atoms with Gasteiger partial charge in [-0.3, -0.25) is 4.79 Å². The van der Waals surface area contributed by atoms with Crippen molar-refractivity contribution in [3.05, 3.63) is 41.1 Å². The number of aliphatic hydroxyl groups excluding tert-OH is 1. The van der Waals surface area contributed by atoms with Crippen LogP contribution in [0.15, 0.2) is 35.5 Å². The summed E-state index contributed by atoms with van der Waals surface area (Å²) < 4.78 is 17.0. The normalized spacial score (nSPS) is 21.0. The summed E-state index contributed by atoms with van der Waals surface area (Å²) in [5.74, 6) is -0.941. The average molecular weight is 404 g/mol. The van der Waals surface area contributed by atoms with Gasteiger partial charge in [-0.05, 0) is 39.8 Å². The lowest BCUT2D eigenvalue weighted by atomic mass is 9.90. The van der Waals surface area contributed by atoms with Crippen LogP contribution in [0, 0.1) is 0 Å².